The Bertz CT molecular complexity index is 852. The third-order valence-corrected chi connectivity index (χ3v) is 3.40. The highest BCUT2D eigenvalue weighted by Crippen LogP contribution is 2.17. The third kappa shape index (κ3) is 5.07. The van der Waals surface area contributed by atoms with Crippen molar-refractivity contribution < 1.29 is 9.53 Å². The fourth-order valence-electron chi connectivity index (χ4n) is 2.24. The van der Waals surface area contributed by atoms with Gasteiger partial charge in [0.1, 0.15) is 12.4 Å². The predicted molar refractivity (Wildman–Crippen MR) is 95.0 cm³/mol. The smallest absolute Gasteiger partial charge is 0.248 e. The lowest BCUT2D eigenvalue weighted by Gasteiger charge is -2.08. The number of aryl methyl sites for hydroxylation is 1. The summed E-state index contributed by atoms with van der Waals surface area (Å²) in [6, 6.07) is 9.16. The molecule has 0 radical (unpaired) electrons. The van der Waals surface area contributed by atoms with E-state index >= 15 is 0 Å². The maximum Gasteiger partial charge on any atom is 0.248 e. The normalized spacial score (nSPS) is 10.9. The summed E-state index contributed by atoms with van der Waals surface area (Å²) < 4.78 is 9.18. The summed E-state index contributed by atoms with van der Waals surface area (Å²) >= 11 is 0. The fraction of sp³-hybridized carbons (Fsp3) is 0.167. The molecular formula is C18H19N5O2. The summed E-state index contributed by atoms with van der Waals surface area (Å²) in [5.74, 6) is 0.485. The SMILES string of the molecule is Cn1cc(/C=C/C(=O)Nc2cccc(OCCn3cccn3)c2)cn1. The van der Waals surface area contributed by atoms with Crippen LogP contribution in [0.2, 0.25) is 0 Å². The minimum absolute atomic E-state index is 0.211. The van der Waals surface area contributed by atoms with Gasteiger partial charge in [-0.1, -0.05) is 6.07 Å². The van der Waals surface area contributed by atoms with E-state index in [-0.39, 0.29) is 5.91 Å². The molecule has 1 aromatic carbocycles. The Morgan fingerprint density at radius 2 is 2.24 bits per heavy atom. The van der Waals surface area contributed by atoms with Crippen LogP contribution in [0.4, 0.5) is 5.69 Å². The van der Waals surface area contributed by atoms with Crippen LogP contribution in [0.1, 0.15) is 5.56 Å². The number of carbonyl (C=O) groups is 1. The highest BCUT2D eigenvalue weighted by molar-refractivity contribution is 6.01. The van der Waals surface area contributed by atoms with E-state index in [9.17, 15) is 4.79 Å². The molecule has 7 nitrogen and oxygen atoms in total. The first-order valence-corrected chi connectivity index (χ1v) is 7.87. The predicted octanol–water partition coefficient (Wildman–Crippen LogP) is 2.35. The van der Waals surface area contributed by atoms with E-state index < -0.39 is 0 Å². The van der Waals surface area contributed by atoms with Crippen molar-refractivity contribution in [3.8, 4) is 5.75 Å². The average Bonchev–Trinajstić information content (AvgIpc) is 3.25. The molecule has 0 saturated carbocycles. The first-order chi connectivity index (χ1) is 12.2. The molecule has 0 atom stereocenters. The number of carbonyl (C=O) groups excluding carboxylic acids is 1. The van der Waals surface area contributed by atoms with Crippen molar-refractivity contribution >= 4 is 17.7 Å². The lowest BCUT2D eigenvalue weighted by atomic mass is 10.3. The van der Waals surface area contributed by atoms with Crippen LogP contribution in [0, 0.1) is 0 Å². The van der Waals surface area contributed by atoms with Gasteiger partial charge in [-0.25, -0.2) is 0 Å². The average molecular weight is 337 g/mol. The molecule has 0 fully saturated rings. The molecule has 0 unspecified atom stereocenters. The van der Waals surface area contributed by atoms with Gasteiger partial charge in [0.05, 0.1) is 12.7 Å². The van der Waals surface area contributed by atoms with E-state index in [0.29, 0.717) is 24.6 Å². The van der Waals surface area contributed by atoms with Gasteiger partial charge in [0.2, 0.25) is 5.91 Å². The van der Waals surface area contributed by atoms with E-state index in [4.69, 9.17) is 4.74 Å². The van der Waals surface area contributed by atoms with Gasteiger partial charge in [0.25, 0.3) is 0 Å². The summed E-state index contributed by atoms with van der Waals surface area (Å²) in [6.45, 7) is 1.16. The molecule has 3 rings (SSSR count). The van der Waals surface area contributed by atoms with E-state index in [1.165, 1.54) is 6.08 Å². The molecule has 0 bridgehead atoms. The van der Waals surface area contributed by atoms with Crippen LogP contribution in [0.25, 0.3) is 6.08 Å². The van der Waals surface area contributed by atoms with Crippen LogP contribution in [0.5, 0.6) is 5.75 Å². The topological polar surface area (TPSA) is 74.0 Å². The number of aromatic nitrogens is 4. The van der Waals surface area contributed by atoms with Gasteiger partial charge in [0.15, 0.2) is 0 Å². The highest BCUT2D eigenvalue weighted by Gasteiger charge is 2.01. The van der Waals surface area contributed by atoms with E-state index in [2.05, 4.69) is 15.5 Å². The highest BCUT2D eigenvalue weighted by atomic mass is 16.5. The summed E-state index contributed by atoms with van der Waals surface area (Å²) in [7, 11) is 1.83. The number of nitrogens with one attached hydrogen (secondary N) is 1. The molecule has 0 spiro atoms. The molecule has 7 heteroatoms. The second kappa shape index (κ2) is 7.96. The van der Waals surface area contributed by atoms with E-state index in [1.54, 1.807) is 33.9 Å². The van der Waals surface area contributed by atoms with Gasteiger partial charge >= 0.3 is 0 Å². The van der Waals surface area contributed by atoms with Crippen molar-refractivity contribution in [2.45, 2.75) is 6.54 Å². The number of ether oxygens (including phenoxy) is 1. The van der Waals surface area contributed by atoms with E-state index in [1.807, 2.05) is 43.7 Å². The molecular weight excluding hydrogens is 318 g/mol. The van der Waals surface area contributed by atoms with E-state index in [0.717, 1.165) is 5.56 Å². The van der Waals surface area contributed by atoms with Crippen LogP contribution < -0.4 is 10.1 Å². The molecule has 0 aliphatic rings. The molecule has 3 aromatic rings. The number of nitrogens with zero attached hydrogens (tertiary/aromatic N) is 4. The van der Waals surface area contributed by atoms with Crippen molar-refractivity contribution in [3.05, 3.63) is 66.8 Å². The van der Waals surface area contributed by atoms with Crippen LogP contribution in [0.3, 0.4) is 0 Å². The third-order valence-electron chi connectivity index (χ3n) is 3.40. The first kappa shape index (κ1) is 16.5. The van der Waals surface area contributed by atoms with Gasteiger partial charge in [-0.05, 0) is 24.3 Å². The quantitative estimate of drug-likeness (QED) is 0.672. The van der Waals surface area contributed by atoms with Crippen LogP contribution in [-0.4, -0.2) is 32.1 Å². The molecule has 1 N–H and O–H groups in total. The van der Waals surface area contributed by atoms with Crippen molar-refractivity contribution in [2.75, 3.05) is 11.9 Å². The zero-order valence-corrected chi connectivity index (χ0v) is 13.9. The molecule has 128 valence electrons. The number of hydrogen-bond donors (Lipinski definition) is 1. The summed E-state index contributed by atoms with van der Waals surface area (Å²) in [5.41, 5.74) is 1.55. The zero-order chi connectivity index (χ0) is 17.5. The summed E-state index contributed by atoms with van der Waals surface area (Å²) in [6.07, 6.45) is 10.3. The minimum atomic E-state index is -0.211. The number of anilines is 1. The van der Waals surface area contributed by atoms with Gasteiger partial charge in [-0.3, -0.25) is 14.2 Å². The van der Waals surface area contributed by atoms with Gasteiger partial charge < -0.3 is 10.1 Å². The Morgan fingerprint density at radius 1 is 1.32 bits per heavy atom. The molecule has 25 heavy (non-hydrogen) atoms. The summed E-state index contributed by atoms with van der Waals surface area (Å²) in [5, 5.41) is 11.0. The Labute approximate surface area is 145 Å². The molecule has 1 amide bonds. The van der Waals surface area contributed by atoms with Crippen molar-refractivity contribution in [1.82, 2.24) is 19.6 Å². The molecule has 0 aliphatic heterocycles. The van der Waals surface area contributed by atoms with Crippen LogP contribution in [0.15, 0.2) is 61.2 Å². The maximum atomic E-state index is 12.0. The molecule has 0 aliphatic carbocycles. The number of hydrogen-bond acceptors (Lipinski definition) is 4. The molecule has 2 heterocycles. The number of benzene rings is 1. The standard InChI is InChI=1S/C18H19N5O2/c1-22-14-15(13-20-22)6-7-18(24)21-16-4-2-5-17(12-16)25-11-10-23-9-3-8-19-23/h2-9,12-14H,10-11H2,1H3,(H,21,24)/b7-6+. The number of amides is 1. The lowest BCUT2D eigenvalue weighted by molar-refractivity contribution is -0.111. The first-order valence-electron chi connectivity index (χ1n) is 7.87. The lowest BCUT2D eigenvalue weighted by Crippen LogP contribution is -2.09. The van der Waals surface area contributed by atoms with Gasteiger partial charge in [0, 0.05) is 49.0 Å². The second-order valence-electron chi connectivity index (χ2n) is 5.42. The van der Waals surface area contributed by atoms with Gasteiger partial charge in [-0.2, -0.15) is 10.2 Å². The molecule has 2 aromatic heterocycles. The number of rotatable bonds is 7. The Balaban J connectivity index is 1.52. The van der Waals surface area contributed by atoms with Crippen molar-refractivity contribution in [2.24, 2.45) is 7.05 Å². The Morgan fingerprint density at radius 3 is 3.00 bits per heavy atom. The van der Waals surface area contributed by atoms with Crippen molar-refractivity contribution in [1.29, 1.82) is 0 Å². The fourth-order valence-corrected chi connectivity index (χ4v) is 2.24. The monoisotopic (exact) mass is 337 g/mol. The Kier molecular flexibility index (Phi) is 5.26. The van der Waals surface area contributed by atoms with Crippen LogP contribution >= 0.6 is 0 Å². The van der Waals surface area contributed by atoms with Gasteiger partial charge in [-0.15, -0.1) is 0 Å². The minimum Gasteiger partial charge on any atom is -0.492 e. The Hall–Kier alpha value is -3.35. The molecule has 0 saturated heterocycles. The largest absolute Gasteiger partial charge is 0.492 e. The van der Waals surface area contributed by atoms with Crippen molar-refractivity contribution in [3.63, 3.8) is 0 Å². The maximum absolute atomic E-state index is 12.0. The van der Waals surface area contributed by atoms with Crippen LogP contribution in [-0.2, 0) is 18.4 Å². The summed E-state index contributed by atoms with van der Waals surface area (Å²) in [4.78, 5) is 12.0. The zero-order valence-electron chi connectivity index (χ0n) is 13.9. The second-order valence-corrected chi connectivity index (χ2v) is 5.42.